The average Bonchev–Trinajstić information content (AvgIpc) is 2.93. The Morgan fingerprint density at radius 1 is 1.05 bits per heavy atom. The molecule has 21 heavy (non-hydrogen) atoms. The third-order valence-corrected chi connectivity index (χ3v) is 5.24. The Labute approximate surface area is 135 Å². The van der Waals surface area contributed by atoms with E-state index in [0.29, 0.717) is 5.25 Å². The van der Waals surface area contributed by atoms with Gasteiger partial charge in [0.2, 0.25) is 0 Å². The summed E-state index contributed by atoms with van der Waals surface area (Å²) in [5.41, 5.74) is 8.36. The van der Waals surface area contributed by atoms with Crippen molar-refractivity contribution in [2.75, 3.05) is 5.73 Å². The molecule has 0 saturated heterocycles. The molecule has 1 nitrogen and oxygen atoms in total. The molecular weight excluding hydrogens is 294 g/mol. The zero-order valence-electron chi connectivity index (χ0n) is 12.0. The SMILES string of the molecule is CCCC(S)c1ccc2cc(-c3ccc(N)s3)ccc2c1. The summed E-state index contributed by atoms with van der Waals surface area (Å²) in [4.78, 5) is 1.22. The summed E-state index contributed by atoms with van der Waals surface area (Å²) in [6, 6.07) is 17.3. The van der Waals surface area contributed by atoms with E-state index >= 15 is 0 Å². The van der Waals surface area contributed by atoms with Gasteiger partial charge in [0.15, 0.2) is 0 Å². The lowest BCUT2D eigenvalue weighted by atomic mass is 10.0. The number of nitrogen functional groups attached to an aromatic ring is 1. The zero-order valence-corrected chi connectivity index (χ0v) is 13.8. The van der Waals surface area contributed by atoms with E-state index < -0.39 is 0 Å². The molecule has 3 aromatic rings. The monoisotopic (exact) mass is 313 g/mol. The Balaban J connectivity index is 1.98. The van der Waals surface area contributed by atoms with Gasteiger partial charge >= 0.3 is 0 Å². The minimum Gasteiger partial charge on any atom is -0.391 e. The van der Waals surface area contributed by atoms with E-state index in [9.17, 15) is 0 Å². The largest absolute Gasteiger partial charge is 0.391 e. The van der Waals surface area contributed by atoms with Gasteiger partial charge < -0.3 is 5.73 Å². The number of thiol groups is 1. The highest BCUT2D eigenvalue weighted by molar-refractivity contribution is 7.80. The minimum atomic E-state index is 0.330. The van der Waals surface area contributed by atoms with Crippen LogP contribution in [0, 0.1) is 0 Å². The lowest BCUT2D eigenvalue weighted by Crippen LogP contribution is -1.90. The van der Waals surface area contributed by atoms with E-state index in [-0.39, 0.29) is 0 Å². The van der Waals surface area contributed by atoms with Gasteiger partial charge in [-0.3, -0.25) is 0 Å². The maximum atomic E-state index is 5.82. The second-order valence-corrected chi connectivity index (χ2v) is 7.07. The summed E-state index contributed by atoms with van der Waals surface area (Å²) in [5.74, 6) is 0. The molecule has 0 radical (unpaired) electrons. The van der Waals surface area contributed by atoms with Crippen molar-refractivity contribution in [1.29, 1.82) is 0 Å². The van der Waals surface area contributed by atoms with Crippen LogP contribution in [-0.4, -0.2) is 0 Å². The van der Waals surface area contributed by atoms with Crippen molar-refractivity contribution in [1.82, 2.24) is 0 Å². The lowest BCUT2D eigenvalue weighted by molar-refractivity contribution is 0.783. The highest BCUT2D eigenvalue weighted by atomic mass is 32.1. The number of hydrogen-bond acceptors (Lipinski definition) is 3. The van der Waals surface area contributed by atoms with E-state index in [0.717, 1.165) is 17.8 Å². The van der Waals surface area contributed by atoms with Crippen LogP contribution >= 0.6 is 24.0 Å². The molecule has 0 bridgehead atoms. The Hall–Kier alpha value is -1.45. The van der Waals surface area contributed by atoms with Gasteiger partial charge in [-0.25, -0.2) is 0 Å². The Bertz CT molecular complexity index is 761. The molecule has 0 aliphatic heterocycles. The summed E-state index contributed by atoms with van der Waals surface area (Å²) in [6.45, 7) is 2.20. The summed E-state index contributed by atoms with van der Waals surface area (Å²) < 4.78 is 0. The Kier molecular flexibility index (Phi) is 4.22. The van der Waals surface area contributed by atoms with Crippen LogP contribution in [0.1, 0.15) is 30.6 Å². The molecule has 0 saturated carbocycles. The highest BCUT2D eigenvalue weighted by Gasteiger charge is 2.07. The molecule has 3 rings (SSSR count). The van der Waals surface area contributed by atoms with Crippen molar-refractivity contribution in [2.24, 2.45) is 0 Å². The second-order valence-electron chi connectivity index (χ2n) is 5.33. The van der Waals surface area contributed by atoms with Crippen LogP contribution in [0.15, 0.2) is 48.5 Å². The highest BCUT2D eigenvalue weighted by Crippen LogP contribution is 2.33. The van der Waals surface area contributed by atoms with Crippen LogP contribution in [0.2, 0.25) is 0 Å². The minimum absolute atomic E-state index is 0.330. The number of rotatable bonds is 4. The summed E-state index contributed by atoms with van der Waals surface area (Å²) in [7, 11) is 0. The normalized spacial score (nSPS) is 12.7. The van der Waals surface area contributed by atoms with E-state index in [1.54, 1.807) is 11.3 Å². The number of benzene rings is 2. The van der Waals surface area contributed by atoms with Gasteiger partial charge in [0, 0.05) is 10.1 Å². The molecule has 1 atom stereocenters. The maximum absolute atomic E-state index is 5.82. The first kappa shape index (κ1) is 14.5. The first-order chi connectivity index (χ1) is 10.2. The summed E-state index contributed by atoms with van der Waals surface area (Å²) in [6.07, 6.45) is 2.27. The van der Waals surface area contributed by atoms with E-state index in [2.05, 4.69) is 49.4 Å². The van der Waals surface area contributed by atoms with Gasteiger partial charge in [-0.05, 0) is 46.5 Å². The van der Waals surface area contributed by atoms with Crippen LogP contribution < -0.4 is 5.73 Å². The van der Waals surface area contributed by atoms with Gasteiger partial charge in [-0.15, -0.1) is 11.3 Å². The Morgan fingerprint density at radius 2 is 1.81 bits per heavy atom. The summed E-state index contributed by atoms with van der Waals surface area (Å²) in [5, 5.41) is 3.73. The molecule has 1 aromatic heterocycles. The fourth-order valence-electron chi connectivity index (χ4n) is 2.57. The smallest absolute Gasteiger partial charge is 0.0862 e. The number of thiophene rings is 1. The Morgan fingerprint density at radius 3 is 2.52 bits per heavy atom. The average molecular weight is 313 g/mol. The fraction of sp³-hybridized carbons (Fsp3) is 0.222. The molecule has 1 heterocycles. The molecule has 3 heteroatoms. The molecular formula is C18H19NS2. The van der Waals surface area contributed by atoms with Gasteiger partial charge in [0.25, 0.3) is 0 Å². The molecule has 2 aromatic carbocycles. The molecule has 1 unspecified atom stereocenters. The zero-order chi connectivity index (χ0) is 14.8. The summed E-state index contributed by atoms with van der Waals surface area (Å²) >= 11 is 6.32. The molecule has 108 valence electrons. The van der Waals surface area contributed by atoms with Crippen LogP contribution in [0.4, 0.5) is 5.00 Å². The quantitative estimate of drug-likeness (QED) is 0.574. The topological polar surface area (TPSA) is 26.0 Å². The molecule has 2 N–H and O–H groups in total. The first-order valence-electron chi connectivity index (χ1n) is 7.25. The van der Waals surface area contributed by atoms with Crippen molar-refractivity contribution in [2.45, 2.75) is 25.0 Å². The van der Waals surface area contributed by atoms with Crippen LogP contribution in [-0.2, 0) is 0 Å². The molecule has 0 aliphatic rings. The molecule has 0 fully saturated rings. The number of anilines is 1. The van der Waals surface area contributed by atoms with E-state index in [1.807, 2.05) is 6.07 Å². The first-order valence-corrected chi connectivity index (χ1v) is 8.58. The molecule has 0 aliphatic carbocycles. The van der Waals surface area contributed by atoms with Gasteiger partial charge in [0.05, 0.1) is 5.00 Å². The van der Waals surface area contributed by atoms with E-state index in [4.69, 9.17) is 18.4 Å². The molecule has 0 spiro atoms. The predicted molar refractivity (Wildman–Crippen MR) is 98.3 cm³/mol. The van der Waals surface area contributed by atoms with Gasteiger partial charge in [0.1, 0.15) is 0 Å². The standard InChI is InChI=1S/C18H19NS2/c1-2-3-16(20)14-6-4-13-11-15(7-5-12(13)10-14)17-8-9-18(19)21-17/h4-11,16,20H,2-3,19H2,1H3. The van der Waals surface area contributed by atoms with Crippen molar-refractivity contribution >= 4 is 39.7 Å². The fourth-order valence-corrected chi connectivity index (χ4v) is 3.76. The van der Waals surface area contributed by atoms with Crippen LogP contribution in [0.5, 0.6) is 0 Å². The van der Waals surface area contributed by atoms with Gasteiger partial charge in [-0.2, -0.15) is 12.6 Å². The predicted octanol–water partition coefficient (Wildman–Crippen LogP) is 5.92. The van der Waals surface area contributed by atoms with Gasteiger partial charge in [-0.1, -0.05) is 43.7 Å². The number of fused-ring (bicyclic) bond motifs is 1. The van der Waals surface area contributed by atoms with Crippen LogP contribution in [0.25, 0.3) is 21.2 Å². The van der Waals surface area contributed by atoms with Crippen molar-refractivity contribution in [3.05, 3.63) is 54.1 Å². The van der Waals surface area contributed by atoms with E-state index in [1.165, 1.54) is 26.8 Å². The lowest BCUT2D eigenvalue weighted by Gasteiger charge is -2.11. The maximum Gasteiger partial charge on any atom is 0.0862 e. The van der Waals surface area contributed by atoms with Crippen LogP contribution in [0.3, 0.4) is 0 Å². The number of nitrogens with two attached hydrogens (primary N) is 1. The third kappa shape index (κ3) is 3.09. The van der Waals surface area contributed by atoms with Crippen molar-refractivity contribution in [3.8, 4) is 10.4 Å². The number of hydrogen-bond donors (Lipinski definition) is 2. The second kappa shape index (κ2) is 6.12. The van der Waals surface area contributed by atoms with Crippen molar-refractivity contribution < 1.29 is 0 Å². The van der Waals surface area contributed by atoms with Crippen molar-refractivity contribution in [3.63, 3.8) is 0 Å². The molecule has 0 amide bonds. The third-order valence-electron chi connectivity index (χ3n) is 3.72.